The number of barbiturate groups is 1. The molecule has 0 bridgehead atoms. The first kappa shape index (κ1) is 19.2. The van der Waals surface area contributed by atoms with Gasteiger partial charge in [-0.15, -0.1) is 0 Å². The Labute approximate surface area is 166 Å². The minimum Gasteiger partial charge on any atom is -0.490 e. The highest BCUT2D eigenvalue weighted by molar-refractivity contribution is 9.10. The molecule has 1 N–H and O–H groups in total. The summed E-state index contributed by atoms with van der Waals surface area (Å²) in [5, 5.41) is 13.3. The minimum atomic E-state index is -0.887. The summed E-state index contributed by atoms with van der Waals surface area (Å²) in [6.07, 6.45) is 1.18. The minimum absolute atomic E-state index is 0.0400. The number of nitro benzene ring substituents is 1. The summed E-state index contributed by atoms with van der Waals surface area (Å²) in [5.74, 6) is -1.69. The summed E-state index contributed by atoms with van der Waals surface area (Å²) in [7, 11) is 1.29. The van der Waals surface area contributed by atoms with Crippen molar-refractivity contribution < 1.29 is 24.0 Å². The summed E-state index contributed by atoms with van der Waals surface area (Å²) in [4.78, 5) is 48.5. The van der Waals surface area contributed by atoms with Crippen LogP contribution < -0.4 is 15.0 Å². The molecule has 4 amide bonds. The third-order valence-corrected chi connectivity index (χ3v) is 4.43. The van der Waals surface area contributed by atoms with Crippen LogP contribution in [0.3, 0.4) is 0 Å². The van der Waals surface area contributed by atoms with Crippen molar-refractivity contribution in [1.82, 2.24) is 5.32 Å². The van der Waals surface area contributed by atoms with Gasteiger partial charge in [0.15, 0.2) is 5.75 Å². The zero-order valence-electron chi connectivity index (χ0n) is 14.3. The Kier molecular flexibility index (Phi) is 5.23. The first-order chi connectivity index (χ1) is 13.3. The first-order valence-electron chi connectivity index (χ1n) is 7.81. The number of carbonyl (C=O) groups excluding carboxylic acids is 3. The highest BCUT2D eigenvalue weighted by Crippen LogP contribution is 2.29. The third-order valence-electron chi connectivity index (χ3n) is 3.90. The van der Waals surface area contributed by atoms with Crippen molar-refractivity contribution in [2.45, 2.75) is 0 Å². The second-order valence-corrected chi connectivity index (χ2v) is 6.54. The molecule has 2 aromatic carbocycles. The van der Waals surface area contributed by atoms with Gasteiger partial charge in [0.25, 0.3) is 11.8 Å². The van der Waals surface area contributed by atoms with E-state index in [2.05, 4.69) is 21.2 Å². The van der Waals surface area contributed by atoms with Crippen LogP contribution in [0.1, 0.15) is 5.56 Å². The molecule has 28 heavy (non-hydrogen) atoms. The number of hydrogen-bond acceptors (Lipinski definition) is 6. The molecule has 142 valence electrons. The molecule has 9 nitrogen and oxygen atoms in total. The fourth-order valence-electron chi connectivity index (χ4n) is 2.59. The van der Waals surface area contributed by atoms with Gasteiger partial charge in [0, 0.05) is 10.5 Å². The number of ether oxygens (including phenoxy) is 1. The molecule has 1 aliphatic heterocycles. The number of anilines is 1. The van der Waals surface area contributed by atoms with Gasteiger partial charge < -0.3 is 4.74 Å². The van der Waals surface area contributed by atoms with E-state index in [0.717, 1.165) is 9.37 Å². The predicted octanol–water partition coefficient (Wildman–Crippen LogP) is 3.03. The molecule has 2 aromatic rings. The number of halogens is 1. The lowest BCUT2D eigenvalue weighted by atomic mass is 10.1. The average molecular weight is 446 g/mol. The fraction of sp³-hybridized carbons (Fsp3) is 0.0556. The van der Waals surface area contributed by atoms with E-state index in [-0.39, 0.29) is 28.3 Å². The average Bonchev–Trinajstić information content (AvgIpc) is 2.66. The molecule has 0 unspecified atom stereocenters. The molecule has 0 saturated carbocycles. The fourth-order valence-corrected chi connectivity index (χ4v) is 2.85. The Morgan fingerprint density at radius 1 is 1.14 bits per heavy atom. The number of hydrogen-bond donors (Lipinski definition) is 1. The number of carbonyl (C=O) groups is 3. The van der Waals surface area contributed by atoms with Gasteiger partial charge in [-0.25, -0.2) is 9.69 Å². The lowest BCUT2D eigenvalue weighted by Crippen LogP contribution is -2.54. The van der Waals surface area contributed by atoms with Gasteiger partial charge in [-0.2, -0.15) is 0 Å². The van der Waals surface area contributed by atoms with Gasteiger partial charge >= 0.3 is 11.7 Å². The number of amides is 4. The topological polar surface area (TPSA) is 119 Å². The molecule has 1 fully saturated rings. The molecule has 1 aliphatic rings. The normalized spacial score (nSPS) is 15.6. The monoisotopic (exact) mass is 445 g/mol. The molecule has 3 rings (SSSR count). The third kappa shape index (κ3) is 3.62. The molecule has 1 saturated heterocycles. The molecule has 0 radical (unpaired) electrons. The van der Waals surface area contributed by atoms with E-state index in [9.17, 15) is 24.5 Å². The van der Waals surface area contributed by atoms with Gasteiger partial charge in [-0.3, -0.25) is 25.0 Å². The Morgan fingerprint density at radius 3 is 2.43 bits per heavy atom. The molecule has 0 spiro atoms. The Balaban J connectivity index is 2.03. The van der Waals surface area contributed by atoms with Crippen molar-refractivity contribution in [1.29, 1.82) is 0 Å². The molecular weight excluding hydrogens is 434 g/mol. The highest BCUT2D eigenvalue weighted by Gasteiger charge is 2.36. The number of urea groups is 1. The quantitative estimate of drug-likeness (QED) is 0.334. The van der Waals surface area contributed by atoms with Gasteiger partial charge in [0.2, 0.25) is 0 Å². The van der Waals surface area contributed by atoms with Crippen molar-refractivity contribution in [2.24, 2.45) is 0 Å². The molecule has 1 heterocycles. The molecule has 0 aliphatic carbocycles. The Bertz CT molecular complexity index is 1030. The van der Waals surface area contributed by atoms with E-state index in [0.29, 0.717) is 0 Å². The molecule has 0 atom stereocenters. The smallest absolute Gasteiger partial charge is 0.335 e. The van der Waals surface area contributed by atoms with Crippen LogP contribution in [0.2, 0.25) is 0 Å². The zero-order chi connectivity index (χ0) is 20.4. The number of nitro groups is 1. The predicted molar refractivity (Wildman–Crippen MR) is 103 cm³/mol. The number of nitrogens with zero attached hydrogens (tertiary/aromatic N) is 2. The lowest BCUT2D eigenvalue weighted by molar-refractivity contribution is -0.385. The van der Waals surface area contributed by atoms with Crippen LogP contribution in [0, 0.1) is 10.1 Å². The van der Waals surface area contributed by atoms with Crippen LogP contribution in [0.4, 0.5) is 16.2 Å². The van der Waals surface area contributed by atoms with Crippen molar-refractivity contribution in [3.8, 4) is 5.75 Å². The van der Waals surface area contributed by atoms with Crippen molar-refractivity contribution in [3.63, 3.8) is 0 Å². The van der Waals surface area contributed by atoms with E-state index >= 15 is 0 Å². The molecule has 0 aromatic heterocycles. The SMILES string of the molecule is COc1ccc(/C=C2\C(=O)NC(=O)N(c3ccc(Br)cc3)C2=O)cc1[N+](=O)[O-]. The maximum atomic E-state index is 12.8. The largest absolute Gasteiger partial charge is 0.490 e. The summed E-state index contributed by atoms with van der Waals surface area (Å²) < 4.78 is 5.68. The number of benzene rings is 2. The Hall–Kier alpha value is -3.53. The van der Waals surface area contributed by atoms with Crippen LogP contribution >= 0.6 is 15.9 Å². The van der Waals surface area contributed by atoms with Crippen molar-refractivity contribution >= 4 is 51.2 Å². The number of rotatable bonds is 4. The van der Waals surface area contributed by atoms with Crippen LogP contribution in [0.25, 0.3) is 6.08 Å². The Morgan fingerprint density at radius 2 is 1.82 bits per heavy atom. The highest BCUT2D eigenvalue weighted by atomic mass is 79.9. The van der Waals surface area contributed by atoms with E-state index in [1.165, 1.54) is 43.5 Å². The van der Waals surface area contributed by atoms with Crippen LogP contribution in [0.5, 0.6) is 5.75 Å². The molecule has 10 heteroatoms. The van der Waals surface area contributed by atoms with E-state index in [1.807, 2.05) is 0 Å². The van der Waals surface area contributed by atoms with Crippen LogP contribution in [-0.4, -0.2) is 29.9 Å². The van der Waals surface area contributed by atoms with Gasteiger partial charge in [0.1, 0.15) is 5.57 Å². The summed E-state index contributed by atoms with van der Waals surface area (Å²) in [5.41, 5.74) is -0.149. The standard InChI is InChI=1S/C18H12BrN3O6/c1-28-15-7-2-10(9-14(15)22(26)27)8-13-16(23)20-18(25)21(17(13)24)12-5-3-11(19)4-6-12/h2-9H,1H3,(H,20,23,25)/b13-8+. The van der Waals surface area contributed by atoms with E-state index < -0.39 is 22.8 Å². The van der Waals surface area contributed by atoms with E-state index in [4.69, 9.17) is 4.74 Å². The molecular formula is C18H12BrN3O6. The van der Waals surface area contributed by atoms with E-state index in [1.54, 1.807) is 12.1 Å². The summed E-state index contributed by atoms with van der Waals surface area (Å²) in [6.45, 7) is 0. The first-order valence-corrected chi connectivity index (χ1v) is 8.60. The summed E-state index contributed by atoms with van der Waals surface area (Å²) in [6, 6.07) is 9.46. The number of nitrogens with one attached hydrogen (secondary N) is 1. The van der Waals surface area contributed by atoms with Gasteiger partial charge in [-0.05, 0) is 42.0 Å². The second-order valence-electron chi connectivity index (χ2n) is 5.62. The lowest BCUT2D eigenvalue weighted by Gasteiger charge is -2.26. The summed E-state index contributed by atoms with van der Waals surface area (Å²) >= 11 is 3.26. The number of methoxy groups -OCH3 is 1. The van der Waals surface area contributed by atoms with Crippen LogP contribution in [-0.2, 0) is 9.59 Å². The maximum Gasteiger partial charge on any atom is 0.335 e. The maximum absolute atomic E-state index is 12.8. The van der Waals surface area contributed by atoms with Crippen molar-refractivity contribution in [3.05, 3.63) is 68.2 Å². The van der Waals surface area contributed by atoms with Crippen molar-refractivity contribution in [2.75, 3.05) is 12.0 Å². The van der Waals surface area contributed by atoms with Gasteiger partial charge in [-0.1, -0.05) is 22.0 Å². The van der Waals surface area contributed by atoms with Crippen LogP contribution in [0.15, 0.2) is 52.5 Å². The zero-order valence-corrected chi connectivity index (χ0v) is 15.9. The number of imide groups is 2. The van der Waals surface area contributed by atoms with Gasteiger partial charge in [0.05, 0.1) is 17.7 Å². The second kappa shape index (κ2) is 7.61.